The van der Waals surface area contributed by atoms with Gasteiger partial charge in [0.2, 0.25) is 0 Å². The zero-order valence-electron chi connectivity index (χ0n) is 33.6. The van der Waals surface area contributed by atoms with Crippen molar-refractivity contribution in [2.45, 2.75) is 192 Å². The zero-order chi connectivity index (χ0) is 39.5. The standard InChI is InChI=1S/C42H75O11P/c1-3-5-7-9-11-13-15-17-19-21-23-25-27-31-42(46)52-38(36-51-54(47,48)50-34-37(44)33-43)35-49-41(45)32-28-30-40-39(53-40)29-26-24-22-20-18-16-14-12-10-8-6-4-2/h12,14,18,20,24,26,37-40,43-44H,3-11,13,15-17,19,21-23,25,27-36H2,1-2H3,(H,47,48)/b14-12-,20-18-,26-24-/t37-,38+,39?,40?/m0/s1. The number of allylic oxidation sites excluding steroid dienone is 5. The van der Waals surface area contributed by atoms with Gasteiger partial charge in [-0.3, -0.25) is 18.6 Å². The molecule has 0 aromatic heterocycles. The number of ether oxygens (including phenoxy) is 3. The quantitative estimate of drug-likeness (QED) is 0.0180. The van der Waals surface area contributed by atoms with Crippen LogP contribution in [0.2, 0.25) is 0 Å². The van der Waals surface area contributed by atoms with Crippen LogP contribution in [0.15, 0.2) is 36.5 Å². The second kappa shape index (κ2) is 34.4. The van der Waals surface area contributed by atoms with Crippen LogP contribution in [0.5, 0.6) is 0 Å². The average molecular weight is 787 g/mol. The third-order valence-corrected chi connectivity index (χ3v) is 10.2. The molecule has 0 aromatic carbocycles. The van der Waals surface area contributed by atoms with Gasteiger partial charge in [-0.15, -0.1) is 0 Å². The molecule has 3 unspecified atom stereocenters. The summed E-state index contributed by atoms with van der Waals surface area (Å²) in [7, 11) is -4.63. The van der Waals surface area contributed by atoms with Gasteiger partial charge in [0.1, 0.15) is 12.7 Å². The molecule has 11 nitrogen and oxygen atoms in total. The topological polar surface area (TPSA) is 161 Å². The van der Waals surface area contributed by atoms with E-state index in [2.05, 4.69) is 54.8 Å². The zero-order valence-corrected chi connectivity index (χ0v) is 34.5. The maximum Gasteiger partial charge on any atom is 0.472 e. The van der Waals surface area contributed by atoms with Crippen molar-refractivity contribution in [3.05, 3.63) is 36.5 Å². The van der Waals surface area contributed by atoms with Gasteiger partial charge in [-0.25, -0.2) is 4.57 Å². The normalized spacial score (nSPS) is 18.0. The molecule has 314 valence electrons. The van der Waals surface area contributed by atoms with Crippen molar-refractivity contribution < 1.29 is 52.5 Å². The number of hydrogen-bond acceptors (Lipinski definition) is 10. The lowest BCUT2D eigenvalue weighted by Crippen LogP contribution is -2.29. The Morgan fingerprint density at radius 3 is 1.83 bits per heavy atom. The Hall–Kier alpha value is -1.85. The maximum atomic E-state index is 12.6. The van der Waals surface area contributed by atoms with Crippen molar-refractivity contribution in [2.75, 3.05) is 26.4 Å². The molecule has 1 saturated heterocycles. The number of carbonyl (C=O) groups excluding carboxylic acids is 2. The van der Waals surface area contributed by atoms with Crippen LogP contribution in [0.3, 0.4) is 0 Å². The highest BCUT2D eigenvalue weighted by Crippen LogP contribution is 2.43. The van der Waals surface area contributed by atoms with Crippen LogP contribution in [0.25, 0.3) is 0 Å². The van der Waals surface area contributed by atoms with E-state index in [1.165, 1.54) is 77.0 Å². The van der Waals surface area contributed by atoms with E-state index in [0.29, 0.717) is 12.8 Å². The van der Waals surface area contributed by atoms with Gasteiger partial charge < -0.3 is 29.3 Å². The Balaban J connectivity index is 2.32. The van der Waals surface area contributed by atoms with Crippen LogP contribution in [-0.4, -0.2) is 77.9 Å². The molecule has 5 atom stereocenters. The summed E-state index contributed by atoms with van der Waals surface area (Å²) in [6, 6.07) is 0. The Bertz CT molecular complexity index is 1060. The summed E-state index contributed by atoms with van der Waals surface area (Å²) in [6.07, 6.45) is 35.6. The summed E-state index contributed by atoms with van der Waals surface area (Å²) >= 11 is 0. The smallest absolute Gasteiger partial charge is 0.462 e. The maximum absolute atomic E-state index is 12.6. The molecule has 0 bridgehead atoms. The Kier molecular flexibility index (Phi) is 32.0. The van der Waals surface area contributed by atoms with E-state index in [-0.39, 0.29) is 31.7 Å². The van der Waals surface area contributed by atoms with E-state index >= 15 is 0 Å². The summed E-state index contributed by atoms with van der Waals surface area (Å²) in [5.74, 6) is -0.999. The van der Waals surface area contributed by atoms with Gasteiger partial charge in [0.05, 0.1) is 32.0 Å². The fourth-order valence-corrected chi connectivity index (χ4v) is 6.63. The number of aliphatic hydroxyl groups excluding tert-OH is 2. The van der Waals surface area contributed by atoms with Crippen molar-refractivity contribution in [1.82, 2.24) is 0 Å². The van der Waals surface area contributed by atoms with Gasteiger partial charge in [-0.05, 0) is 51.4 Å². The average Bonchev–Trinajstić information content (AvgIpc) is 3.91. The number of unbranched alkanes of at least 4 members (excludes halogenated alkanes) is 15. The summed E-state index contributed by atoms with van der Waals surface area (Å²) in [5, 5.41) is 18.3. The molecule has 3 N–H and O–H groups in total. The number of carbonyl (C=O) groups is 2. The number of rotatable bonds is 38. The van der Waals surface area contributed by atoms with Gasteiger partial charge in [-0.2, -0.15) is 0 Å². The molecule has 12 heteroatoms. The van der Waals surface area contributed by atoms with Crippen molar-refractivity contribution in [2.24, 2.45) is 0 Å². The van der Waals surface area contributed by atoms with Crippen LogP contribution in [0.4, 0.5) is 0 Å². The molecule has 1 aliphatic heterocycles. The minimum atomic E-state index is -4.63. The fraction of sp³-hybridized carbons (Fsp3) is 0.810. The van der Waals surface area contributed by atoms with Crippen molar-refractivity contribution >= 4 is 19.8 Å². The summed E-state index contributed by atoms with van der Waals surface area (Å²) in [5.41, 5.74) is 0. The van der Waals surface area contributed by atoms with Gasteiger partial charge in [0, 0.05) is 12.8 Å². The highest BCUT2D eigenvalue weighted by Gasteiger charge is 2.36. The van der Waals surface area contributed by atoms with Crippen molar-refractivity contribution in [3.8, 4) is 0 Å². The SMILES string of the molecule is CCCCC/C=C\C/C=C\C/C=C\CC1OC1CCCC(=O)OC[C@H](COP(=O)(O)OC[C@@H](O)CO)OC(=O)CCCCCCCCCCCCCCC. The van der Waals surface area contributed by atoms with E-state index in [4.69, 9.17) is 23.8 Å². The third kappa shape index (κ3) is 31.4. The Labute approximate surface area is 326 Å². The number of phosphoric ester groups is 1. The minimum absolute atomic E-state index is 0.117. The second-order valence-corrected chi connectivity index (χ2v) is 15.9. The predicted octanol–water partition coefficient (Wildman–Crippen LogP) is 9.77. The molecular weight excluding hydrogens is 711 g/mol. The number of hydrogen-bond donors (Lipinski definition) is 3. The minimum Gasteiger partial charge on any atom is -0.462 e. The molecule has 0 amide bonds. The third-order valence-electron chi connectivity index (χ3n) is 9.22. The Morgan fingerprint density at radius 1 is 0.667 bits per heavy atom. The highest BCUT2D eigenvalue weighted by molar-refractivity contribution is 7.47. The number of phosphoric acid groups is 1. The van der Waals surface area contributed by atoms with Crippen LogP contribution in [0.1, 0.15) is 168 Å². The first-order chi connectivity index (χ1) is 26.2. The second-order valence-electron chi connectivity index (χ2n) is 14.4. The highest BCUT2D eigenvalue weighted by atomic mass is 31.2. The first kappa shape index (κ1) is 50.2. The van der Waals surface area contributed by atoms with Crippen LogP contribution in [0, 0.1) is 0 Å². The summed E-state index contributed by atoms with van der Waals surface area (Å²) in [4.78, 5) is 35.0. The lowest BCUT2D eigenvalue weighted by atomic mass is 10.0. The molecule has 1 heterocycles. The van der Waals surface area contributed by atoms with Crippen LogP contribution < -0.4 is 0 Å². The van der Waals surface area contributed by atoms with E-state index in [9.17, 15) is 24.2 Å². The van der Waals surface area contributed by atoms with Gasteiger partial charge in [0.15, 0.2) is 6.10 Å². The van der Waals surface area contributed by atoms with E-state index < -0.39 is 51.8 Å². The summed E-state index contributed by atoms with van der Waals surface area (Å²) < 4.78 is 38.4. The lowest BCUT2D eigenvalue weighted by Gasteiger charge is -2.20. The first-order valence-corrected chi connectivity index (χ1v) is 22.6. The largest absolute Gasteiger partial charge is 0.472 e. The van der Waals surface area contributed by atoms with Crippen molar-refractivity contribution in [1.29, 1.82) is 0 Å². The van der Waals surface area contributed by atoms with E-state index in [1.807, 2.05) is 0 Å². The van der Waals surface area contributed by atoms with Crippen molar-refractivity contribution in [3.63, 3.8) is 0 Å². The molecule has 0 saturated carbocycles. The first-order valence-electron chi connectivity index (χ1n) is 21.1. The monoisotopic (exact) mass is 787 g/mol. The molecule has 1 aliphatic rings. The van der Waals surface area contributed by atoms with Gasteiger partial charge in [-0.1, -0.05) is 140 Å². The molecular formula is C42H75O11P. The fourth-order valence-electron chi connectivity index (χ4n) is 5.84. The molecule has 0 spiro atoms. The molecule has 0 aromatic rings. The number of aliphatic hydroxyl groups is 2. The molecule has 54 heavy (non-hydrogen) atoms. The predicted molar refractivity (Wildman–Crippen MR) is 214 cm³/mol. The molecule has 0 aliphatic carbocycles. The number of esters is 2. The van der Waals surface area contributed by atoms with Gasteiger partial charge >= 0.3 is 19.8 Å². The van der Waals surface area contributed by atoms with Gasteiger partial charge in [0.25, 0.3) is 0 Å². The summed E-state index contributed by atoms with van der Waals surface area (Å²) in [6.45, 7) is 2.26. The molecule has 1 rings (SSSR count). The lowest BCUT2D eigenvalue weighted by molar-refractivity contribution is -0.161. The number of epoxide rings is 1. The molecule has 0 radical (unpaired) electrons. The van der Waals surface area contributed by atoms with E-state index in [1.54, 1.807) is 0 Å². The van der Waals surface area contributed by atoms with Crippen LogP contribution in [-0.2, 0) is 37.4 Å². The molecule has 1 fully saturated rings. The Morgan fingerprint density at radius 2 is 1.20 bits per heavy atom. The van der Waals surface area contributed by atoms with Crippen LogP contribution >= 0.6 is 7.82 Å². The van der Waals surface area contributed by atoms with E-state index in [0.717, 1.165) is 51.4 Å².